The summed E-state index contributed by atoms with van der Waals surface area (Å²) in [6.45, 7) is 1.84. The number of rotatable bonds is 7. The standard InChI is InChI=1S/C19H25N5O3/c1-20-17(25)7-14-27-16-5-3-15(4-6-16)23-18(26)19(8-11-21-12-9-19)24-13-2-10-22-24/h2-6,10,13,21H,7-9,11-12,14H2,1H3,(H,20,25)(H,23,26). The fourth-order valence-electron chi connectivity index (χ4n) is 3.19. The van der Waals surface area contributed by atoms with Crippen LogP contribution in [0.15, 0.2) is 42.7 Å². The highest BCUT2D eigenvalue weighted by atomic mass is 16.5. The van der Waals surface area contributed by atoms with Gasteiger partial charge in [-0.2, -0.15) is 5.10 Å². The van der Waals surface area contributed by atoms with E-state index in [1.54, 1.807) is 42.2 Å². The highest BCUT2D eigenvalue weighted by Crippen LogP contribution is 2.29. The highest BCUT2D eigenvalue weighted by molar-refractivity contribution is 5.96. The highest BCUT2D eigenvalue weighted by Gasteiger charge is 2.42. The van der Waals surface area contributed by atoms with Gasteiger partial charge in [0.05, 0.1) is 13.0 Å². The molecule has 3 N–H and O–H groups in total. The molecule has 0 aliphatic carbocycles. The van der Waals surface area contributed by atoms with Crippen LogP contribution in [-0.2, 0) is 15.1 Å². The van der Waals surface area contributed by atoms with Crippen LogP contribution in [0.2, 0.25) is 0 Å². The number of amides is 2. The summed E-state index contributed by atoms with van der Waals surface area (Å²) in [5, 5.41) is 13.2. The predicted molar refractivity (Wildman–Crippen MR) is 102 cm³/mol. The van der Waals surface area contributed by atoms with Crippen molar-refractivity contribution >= 4 is 17.5 Å². The van der Waals surface area contributed by atoms with Crippen LogP contribution in [0.5, 0.6) is 5.75 Å². The van der Waals surface area contributed by atoms with E-state index in [1.165, 1.54) is 0 Å². The molecule has 1 aromatic heterocycles. The van der Waals surface area contributed by atoms with Crippen molar-refractivity contribution in [1.29, 1.82) is 0 Å². The Balaban J connectivity index is 1.63. The van der Waals surface area contributed by atoms with Gasteiger partial charge in [-0.1, -0.05) is 0 Å². The molecule has 1 fully saturated rings. The third kappa shape index (κ3) is 4.46. The molecule has 0 atom stereocenters. The van der Waals surface area contributed by atoms with E-state index in [1.807, 2.05) is 12.3 Å². The van der Waals surface area contributed by atoms with Crippen LogP contribution < -0.4 is 20.7 Å². The largest absolute Gasteiger partial charge is 0.493 e. The van der Waals surface area contributed by atoms with E-state index in [0.717, 1.165) is 13.1 Å². The Morgan fingerprint density at radius 1 is 1.26 bits per heavy atom. The Morgan fingerprint density at radius 2 is 2.00 bits per heavy atom. The topological polar surface area (TPSA) is 97.3 Å². The van der Waals surface area contributed by atoms with Gasteiger partial charge in [0.25, 0.3) is 5.91 Å². The molecule has 1 aliphatic heterocycles. The number of ether oxygens (including phenoxy) is 1. The molecule has 2 amide bonds. The van der Waals surface area contributed by atoms with Crippen molar-refractivity contribution in [2.24, 2.45) is 0 Å². The van der Waals surface area contributed by atoms with Gasteiger partial charge in [-0.3, -0.25) is 14.3 Å². The van der Waals surface area contributed by atoms with E-state index in [4.69, 9.17) is 4.74 Å². The van der Waals surface area contributed by atoms with E-state index >= 15 is 0 Å². The zero-order chi connectivity index (χ0) is 19.1. The summed E-state index contributed by atoms with van der Waals surface area (Å²) in [7, 11) is 1.60. The lowest BCUT2D eigenvalue weighted by Gasteiger charge is -2.36. The molecule has 0 saturated carbocycles. The minimum atomic E-state index is -0.683. The second kappa shape index (κ2) is 8.68. The number of aromatic nitrogens is 2. The number of hydrogen-bond donors (Lipinski definition) is 3. The van der Waals surface area contributed by atoms with Gasteiger partial charge in [0.15, 0.2) is 0 Å². The first-order valence-corrected chi connectivity index (χ1v) is 9.10. The lowest BCUT2D eigenvalue weighted by molar-refractivity contribution is -0.126. The molecule has 3 rings (SSSR count). The molecule has 2 heterocycles. The third-order valence-electron chi connectivity index (χ3n) is 4.79. The fraction of sp³-hybridized carbons (Fsp3) is 0.421. The van der Waals surface area contributed by atoms with Gasteiger partial charge in [0.2, 0.25) is 5.91 Å². The Bertz CT molecular complexity index is 752. The lowest BCUT2D eigenvalue weighted by Crippen LogP contribution is -2.52. The third-order valence-corrected chi connectivity index (χ3v) is 4.79. The molecule has 0 radical (unpaired) electrons. The first kappa shape index (κ1) is 18.9. The Hall–Kier alpha value is -2.87. The van der Waals surface area contributed by atoms with Crippen LogP contribution in [-0.4, -0.2) is 48.3 Å². The molecule has 1 aromatic carbocycles. The number of benzene rings is 1. The van der Waals surface area contributed by atoms with E-state index in [-0.39, 0.29) is 11.8 Å². The molecule has 0 bridgehead atoms. The first-order chi connectivity index (χ1) is 13.1. The zero-order valence-corrected chi connectivity index (χ0v) is 15.4. The Kier molecular flexibility index (Phi) is 6.08. The van der Waals surface area contributed by atoms with E-state index < -0.39 is 5.54 Å². The molecule has 0 unspecified atom stereocenters. The van der Waals surface area contributed by atoms with Crippen molar-refractivity contribution < 1.29 is 14.3 Å². The van der Waals surface area contributed by atoms with Crippen molar-refractivity contribution in [2.45, 2.75) is 24.8 Å². The van der Waals surface area contributed by atoms with Gasteiger partial charge in [0, 0.05) is 25.1 Å². The SMILES string of the molecule is CNC(=O)CCOc1ccc(NC(=O)C2(n3cccn3)CCNCC2)cc1. The van der Waals surface area contributed by atoms with Crippen molar-refractivity contribution in [2.75, 3.05) is 32.1 Å². The monoisotopic (exact) mass is 371 g/mol. The molecule has 144 valence electrons. The van der Waals surface area contributed by atoms with Gasteiger partial charge in [-0.25, -0.2) is 0 Å². The summed E-state index contributed by atoms with van der Waals surface area (Å²) in [6, 6.07) is 8.99. The molecular weight excluding hydrogens is 346 g/mol. The van der Waals surface area contributed by atoms with Crippen LogP contribution in [0.25, 0.3) is 0 Å². The summed E-state index contributed by atoms with van der Waals surface area (Å²) in [6.07, 6.45) is 5.20. The summed E-state index contributed by atoms with van der Waals surface area (Å²) in [4.78, 5) is 24.3. The fourth-order valence-corrected chi connectivity index (χ4v) is 3.19. The summed E-state index contributed by atoms with van der Waals surface area (Å²) >= 11 is 0. The van der Waals surface area contributed by atoms with Gasteiger partial charge in [-0.05, 0) is 56.3 Å². The Morgan fingerprint density at radius 3 is 2.63 bits per heavy atom. The maximum atomic E-state index is 13.1. The molecule has 0 spiro atoms. The quantitative estimate of drug-likeness (QED) is 0.678. The number of carbonyl (C=O) groups excluding carboxylic acids is 2. The number of piperidine rings is 1. The van der Waals surface area contributed by atoms with E-state index in [2.05, 4.69) is 21.0 Å². The number of anilines is 1. The number of nitrogens with zero attached hydrogens (tertiary/aromatic N) is 2. The molecular formula is C19H25N5O3. The van der Waals surface area contributed by atoms with Crippen molar-refractivity contribution in [3.05, 3.63) is 42.7 Å². The minimum Gasteiger partial charge on any atom is -0.493 e. The van der Waals surface area contributed by atoms with Crippen LogP contribution >= 0.6 is 0 Å². The van der Waals surface area contributed by atoms with Crippen LogP contribution in [0, 0.1) is 0 Å². The van der Waals surface area contributed by atoms with Crippen LogP contribution in [0.3, 0.4) is 0 Å². The van der Waals surface area contributed by atoms with Crippen LogP contribution in [0.4, 0.5) is 5.69 Å². The molecule has 8 heteroatoms. The zero-order valence-electron chi connectivity index (χ0n) is 15.4. The molecule has 1 aliphatic rings. The first-order valence-electron chi connectivity index (χ1n) is 9.10. The molecule has 1 saturated heterocycles. The molecule has 27 heavy (non-hydrogen) atoms. The summed E-state index contributed by atoms with van der Waals surface area (Å²) < 4.78 is 7.30. The van der Waals surface area contributed by atoms with E-state index in [0.29, 0.717) is 37.3 Å². The van der Waals surface area contributed by atoms with Gasteiger partial charge < -0.3 is 20.7 Å². The predicted octanol–water partition coefficient (Wildman–Crippen LogP) is 1.12. The number of hydrogen-bond acceptors (Lipinski definition) is 5. The average molecular weight is 371 g/mol. The maximum absolute atomic E-state index is 13.1. The molecule has 8 nitrogen and oxygen atoms in total. The molecule has 2 aromatic rings. The smallest absolute Gasteiger partial charge is 0.252 e. The van der Waals surface area contributed by atoms with Crippen molar-refractivity contribution in [1.82, 2.24) is 20.4 Å². The maximum Gasteiger partial charge on any atom is 0.252 e. The average Bonchev–Trinajstić information content (AvgIpc) is 3.25. The Labute approximate surface area is 158 Å². The summed E-state index contributed by atoms with van der Waals surface area (Å²) in [5.74, 6) is 0.520. The van der Waals surface area contributed by atoms with Crippen LogP contribution in [0.1, 0.15) is 19.3 Å². The van der Waals surface area contributed by atoms with Gasteiger partial charge in [0.1, 0.15) is 11.3 Å². The second-order valence-corrected chi connectivity index (χ2v) is 6.48. The minimum absolute atomic E-state index is 0.0650. The second-order valence-electron chi connectivity index (χ2n) is 6.48. The van der Waals surface area contributed by atoms with Crippen molar-refractivity contribution in [3.63, 3.8) is 0 Å². The normalized spacial score (nSPS) is 15.7. The van der Waals surface area contributed by atoms with Gasteiger partial charge in [-0.15, -0.1) is 0 Å². The number of nitrogens with one attached hydrogen (secondary N) is 3. The lowest BCUT2D eigenvalue weighted by atomic mass is 9.87. The van der Waals surface area contributed by atoms with Crippen molar-refractivity contribution in [3.8, 4) is 5.75 Å². The number of carbonyl (C=O) groups is 2. The summed E-state index contributed by atoms with van der Waals surface area (Å²) in [5.41, 5.74) is 0.0148. The van der Waals surface area contributed by atoms with Gasteiger partial charge >= 0.3 is 0 Å². The van der Waals surface area contributed by atoms with E-state index in [9.17, 15) is 9.59 Å².